The number of nitrogens with zero attached hydrogens (tertiary/aromatic N) is 1. The van der Waals surface area contributed by atoms with E-state index in [0.29, 0.717) is 16.4 Å². The first-order valence-electron chi connectivity index (χ1n) is 5.99. The van der Waals surface area contributed by atoms with Crippen molar-refractivity contribution >= 4 is 40.8 Å². The Morgan fingerprint density at radius 1 is 1.45 bits per heavy atom. The van der Waals surface area contributed by atoms with E-state index < -0.39 is 11.9 Å². The number of aliphatic carboxylic acids is 1. The highest BCUT2D eigenvalue weighted by Gasteiger charge is 2.35. The second-order valence-electron chi connectivity index (χ2n) is 4.59. The number of nitrogens with one attached hydrogen (secondary N) is 1. The minimum Gasteiger partial charge on any atom is -0.481 e. The molecular weight excluding hydrogens is 284 g/mol. The van der Waals surface area contributed by atoms with Crippen LogP contribution in [0.5, 0.6) is 0 Å². The maximum Gasteiger partial charge on any atom is 0.308 e. The number of hydrogen-bond donors (Lipinski definition) is 2. The molecule has 0 spiro atoms. The number of carbonyl (C=O) groups excluding carboxylic acids is 2. The van der Waals surface area contributed by atoms with E-state index in [9.17, 15) is 14.4 Å². The largest absolute Gasteiger partial charge is 0.481 e. The summed E-state index contributed by atoms with van der Waals surface area (Å²) >= 11 is 6.03. The van der Waals surface area contributed by atoms with Gasteiger partial charge in [-0.1, -0.05) is 11.6 Å². The molecule has 20 heavy (non-hydrogen) atoms. The molecule has 1 aromatic carbocycles. The first-order chi connectivity index (χ1) is 9.38. The van der Waals surface area contributed by atoms with Gasteiger partial charge in [-0.15, -0.1) is 0 Å². The summed E-state index contributed by atoms with van der Waals surface area (Å²) in [5, 5.41) is 11.8. The fourth-order valence-corrected chi connectivity index (χ4v) is 2.31. The second kappa shape index (κ2) is 5.50. The van der Waals surface area contributed by atoms with E-state index >= 15 is 0 Å². The maximum absolute atomic E-state index is 11.8. The Hall–Kier alpha value is -2.08. The van der Waals surface area contributed by atoms with Crippen molar-refractivity contribution in [1.82, 2.24) is 0 Å². The third kappa shape index (κ3) is 2.91. The van der Waals surface area contributed by atoms with Gasteiger partial charge in [0.25, 0.3) is 0 Å². The summed E-state index contributed by atoms with van der Waals surface area (Å²) in [5.74, 6) is -2.18. The zero-order valence-corrected chi connectivity index (χ0v) is 11.5. The van der Waals surface area contributed by atoms with Crippen molar-refractivity contribution in [2.45, 2.75) is 13.3 Å². The number of anilines is 2. The SMILES string of the molecule is CC(=O)Nc1ccc(N2CC(C(=O)O)CC2=O)cc1Cl. The number of carboxylic acids is 1. The molecule has 1 fully saturated rings. The molecule has 0 aromatic heterocycles. The van der Waals surface area contributed by atoms with Crippen molar-refractivity contribution in [3.8, 4) is 0 Å². The number of amides is 2. The molecule has 0 radical (unpaired) electrons. The van der Waals surface area contributed by atoms with Gasteiger partial charge in [0.2, 0.25) is 11.8 Å². The maximum atomic E-state index is 11.8. The molecule has 0 aliphatic carbocycles. The Morgan fingerprint density at radius 3 is 2.65 bits per heavy atom. The molecule has 1 heterocycles. The van der Waals surface area contributed by atoms with Gasteiger partial charge in [-0.05, 0) is 18.2 Å². The summed E-state index contributed by atoms with van der Waals surface area (Å²) in [5.41, 5.74) is 0.974. The minimum absolute atomic E-state index is 0.0135. The lowest BCUT2D eigenvalue weighted by Gasteiger charge is -2.17. The molecular formula is C13H13ClN2O4. The van der Waals surface area contributed by atoms with Crippen LogP contribution in [0.25, 0.3) is 0 Å². The van der Waals surface area contributed by atoms with Gasteiger partial charge in [0.15, 0.2) is 0 Å². The normalized spacial score (nSPS) is 18.2. The van der Waals surface area contributed by atoms with Crippen LogP contribution in [-0.2, 0) is 14.4 Å². The number of benzene rings is 1. The molecule has 1 unspecified atom stereocenters. The van der Waals surface area contributed by atoms with Crippen molar-refractivity contribution in [2.75, 3.05) is 16.8 Å². The van der Waals surface area contributed by atoms with E-state index in [2.05, 4.69) is 5.32 Å². The lowest BCUT2D eigenvalue weighted by Crippen LogP contribution is -2.25. The van der Waals surface area contributed by atoms with Gasteiger partial charge < -0.3 is 15.3 Å². The number of halogens is 1. The third-order valence-electron chi connectivity index (χ3n) is 3.05. The van der Waals surface area contributed by atoms with Crippen LogP contribution in [0.4, 0.5) is 11.4 Å². The van der Waals surface area contributed by atoms with Crippen LogP contribution in [0.1, 0.15) is 13.3 Å². The van der Waals surface area contributed by atoms with E-state index in [1.165, 1.54) is 17.9 Å². The molecule has 2 N–H and O–H groups in total. The van der Waals surface area contributed by atoms with Crippen molar-refractivity contribution in [3.63, 3.8) is 0 Å². The summed E-state index contributed by atoms with van der Waals surface area (Å²) in [4.78, 5) is 35.1. The number of rotatable bonds is 3. The minimum atomic E-state index is -0.984. The number of hydrogen-bond acceptors (Lipinski definition) is 3. The molecule has 1 saturated heterocycles. The fourth-order valence-electron chi connectivity index (χ4n) is 2.09. The lowest BCUT2D eigenvalue weighted by molar-refractivity contribution is -0.141. The third-order valence-corrected chi connectivity index (χ3v) is 3.36. The summed E-state index contributed by atoms with van der Waals surface area (Å²) in [7, 11) is 0. The monoisotopic (exact) mass is 296 g/mol. The predicted molar refractivity (Wildman–Crippen MR) is 73.9 cm³/mol. The van der Waals surface area contributed by atoms with Gasteiger partial charge in [-0.25, -0.2) is 0 Å². The summed E-state index contributed by atoms with van der Waals surface area (Å²) in [6.45, 7) is 1.50. The van der Waals surface area contributed by atoms with Crippen LogP contribution in [-0.4, -0.2) is 29.4 Å². The van der Waals surface area contributed by atoms with Crippen LogP contribution in [0.3, 0.4) is 0 Å². The van der Waals surface area contributed by atoms with E-state index in [0.717, 1.165) is 0 Å². The Labute approximate surface area is 120 Å². The van der Waals surface area contributed by atoms with Crippen LogP contribution in [0.2, 0.25) is 5.02 Å². The molecule has 6 nitrogen and oxygen atoms in total. The van der Waals surface area contributed by atoms with E-state index in [4.69, 9.17) is 16.7 Å². The second-order valence-corrected chi connectivity index (χ2v) is 5.00. The molecule has 1 aromatic rings. The van der Waals surface area contributed by atoms with Gasteiger partial charge in [0, 0.05) is 25.6 Å². The highest BCUT2D eigenvalue weighted by atomic mass is 35.5. The summed E-state index contributed by atoms with van der Waals surface area (Å²) in [6, 6.07) is 4.74. The quantitative estimate of drug-likeness (QED) is 0.889. The number of carbonyl (C=O) groups is 3. The van der Waals surface area contributed by atoms with Crippen molar-refractivity contribution in [3.05, 3.63) is 23.2 Å². The molecule has 0 bridgehead atoms. The van der Waals surface area contributed by atoms with Gasteiger partial charge in [0.05, 0.1) is 16.6 Å². The highest BCUT2D eigenvalue weighted by molar-refractivity contribution is 6.34. The van der Waals surface area contributed by atoms with Crippen LogP contribution < -0.4 is 10.2 Å². The zero-order valence-electron chi connectivity index (χ0n) is 10.7. The van der Waals surface area contributed by atoms with Crippen LogP contribution in [0.15, 0.2) is 18.2 Å². The first kappa shape index (κ1) is 14.3. The van der Waals surface area contributed by atoms with Gasteiger partial charge in [0.1, 0.15) is 0 Å². The molecule has 2 rings (SSSR count). The van der Waals surface area contributed by atoms with E-state index in [1.54, 1.807) is 12.1 Å². The average molecular weight is 297 g/mol. The first-order valence-corrected chi connectivity index (χ1v) is 6.36. The Bertz CT molecular complexity index is 588. The summed E-state index contributed by atoms with van der Waals surface area (Å²) in [6.07, 6.45) is -0.0135. The molecule has 1 atom stereocenters. The molecule has 7 heteroatoms. The Kier molecular flexibility index (Phi) is 3.94. The van der Waals surface area contributed by atoms with Gasteiger partial charge in [-0.3, -0.25) is 14.4 Å². The average Bonchev–Trinajstić information content (AvgIpc) is 2.74. The van der Waals surface area contributed by atoms with Gasteiger partial charge in [-0.2, -0.15) is 0 Å². The van der Waals surface area contributed by atoms with Crippen molar-refractivity contribution in [1.29, 1.82) is 0 Å². The number of carboxylic acid groups (broad SMARTS) is 1. The lowest BCUT2D eigenvalue weighted by atomic mass is 10.1. The topological polar surface area (TPSA) is 86.7 Å². The smallest absolute Gasteiger partial charge is 0.308 e. The molecule has 2 amide bonds. The highest BCUT2D eigenvalue weighted by Crippen LogP contribution is 2.31. The molecule has 0 saturated carbocycles. The van der Waals surface area contributed by atoms with Gasteiger partial charge >= 0.3 is 5.97 Å². The Morgan fingerprint density at radius 2 is 2.15 bits per heavy atom. The van der Waals surface area contributed by atoms with Crippen molar-refractivity contribution < 1.29 is 19.5 Å². The summed E-state index contributed by atoms with van der Waals surface area (Å²) < 4.78 is 0. The fraction of sp³-hybridized carbons (Fsp3) is 0.308. The molecule has 1 aliphatic rings. The van der Waals surface area contributed by atoms with Crippen LogP contribution >= 0.6 is 11.6 Å². The van der Waals surface area contributed by atoms with E-state index in [-0.39, 0.29) is 24.8 Å². The Balaban J connectivity index is 2.22. The zero-order chi connectivity index (χ0) is 14.9. The van der Waals surface area contributed by atoms with E-state index in [1.807, 2.05) is 0 Å². The molecule has 1 aliphatic heterocycles. The van der Waals surface area contributed by atoms with Crippen LogP contribution in [0, 0.1) is 5.92 Å². The standard InChI is InChI=1S/C13H13ClN2O4/c1-7(17)15-11-3-2-9(5-10(11)14)16-6-8(13(19)20)4-12(16)18/h2-3,5,8H,4,6H2,1H3,(H,15,17)(H,19,20). The van der Waals surface area contributed by atoms with Crippen molar-refractivity contribution in [2.24, 2.45) is 5.92 Å². The molecule has 106 valence electrons. The predicted octanol–water partition coefficient (Wildman–Crippen LogP) is 1.74.